The van der Waals surface area contributed by atoms with Crippen LogP contribution in [0.3, 0.4) is 0 Å². The van der Waals surface area contributed by atoms with E-state index in [-0.39, 0.29) is 18.1 Å². The van der Waals surface area contributed by atoms with Crippen molar-refractivity contribution in [3.8, 4) is 0 Å². The van der Waals surface area contributed by atoms with Gasteiger partial charge in [0.15, 0.2) is 5.66 Å². The number of nitrogens with zero attached hydrogens (tertiary/aromatic N) is 2. The van der Waals surface area contributed by atoms with Crippen molar-refractivity contribution in [1.29, 1.82) is 0 Å². The predicted molar refractivity (Wildman–Crippen MR) is 58.1 cm³/mol. The monoisotopic (exact) mass is 232 g/mol. The molecular weight excluding hydrogens is 220 g/mol. The molecule has 0 radical (unpaired) electrons. The van der Waals surface area contributed by atoms with Crippen LogP contribution in [0.1, 0.15) is 29.5 Å². The largest absolute Gasteiger partial charge is 0.319 e. The molecule has 2 atom stereocenters. The van der Waals surface area contributed by atoms with Gasteiger partial charge in [-0.25, -0.2) is 4.79 Å². The molecule has 17 heavy (non-hydrogen) atoms. The molecule has 0 saturated carbocycles. The van der Waals surface area contributed by atoms with Crippen LogP contribution in [-0.2, 0) is 0 Å². The minimum atomic E-state index is -0.555. The second kappa shape index (κ2) is 2.64. The fourth-order valence-electron chi connectivity index (χ4n) is 3.32. The highest BCUT2D eigenvalue weighted by Gasteiger charge is 2.59. The van der Waals surface area contributed by atoms with E-state index in [0.717, 1.165) is 12.8 Å². The van der Waals surface area contributed by atoms with E-state index >= 15 is 0 Å². The summed E-state index contributed by atoms with van der Waals surface area (Å²) in [5.41, 5.74) is 0.0942. The molecule has 4 rings (SSSR count). The highest BCUT2D eigenvalue weighted by molar-refractivity contribution is 5.96. The molecule has 0 aromatic carbocycles. The highest BCUT2D eigenvalue weighted by Crippen LogP contribution is 2.42. The summed E-state index contributed by atoms with van der Waals surface area (Å²) < 4.78 is 1.86. The maximum Gasteiger partial charge on any atom is 0.318 e. The molecule has 3 aliphatic heterocycles. The van der Waals surface area contributed by atoms with E-state index in [2.05, 4.69) is 10.6 Å². The average Bonchev–Trinajstić information content (AvgIpc) is 2.96. The third kappa shape index (κ3) is 0.878. The van der Waals surface area contributed by atoms with Crippen molar-refractivity contribution in [2.75, 3.05) is 6.54 Å². The molecule has 2 fully saturated rings. The lowest BCUT2D eigenvalue weighted by molar-refractivity contribution is 0.0313. The zero-order valence-corrected chi connectivity index (χ0v) is 9.14. The minimum Gasteiger partial charge on any atom is -0.319 e. The first-order valence-electron chi connectivity index (χ1n) is 5.80. The standard InChI is InChI=1S/C11H12N4O2/c16-8-7-3-1-5-14(7)9-11(13-10(17)12-9)4-2-6-15(8)11/h1,3,5,9H,2,4,6H2,(H2,12,13,17)/t9-,11+/m1/s1. The molecule has 0 unspecified atom stereocenters. The third-order valence-corrected chi connectivity index (χ3v) is 3.99. The van der Waals surface area contributed by atoms with E-state index in [1.807, 2.05) is 16.8 Å². The average molecular weight is 232 g/mol. The quantitative estimate of drug-likeness (QED) is 0.673. The van der Waals surface area contributed by atoms with Crippen LogP contribution in [0.25, 0.3) is 0 Å². The first kappa shape index (κ1) is 9.09. The van der Waals surface area contributed by atoms with E-state index < -0.39 is 5.66 Å². The van der Waals surface area contributed by atoms with Crippen LogP contribution in [0.15, 0.2) is 18.3 Å². The maximum atomic E-state index is 12.3. The Labute approximate surface area is 97.6 Å². The van der Waals surface area contributed by atoms with Crippen LogP contribution in [0, 0.1) is 0 Å². The normalized spacial score (nSPS) is 33.9. The lowest BCUT2D eigenvalue weighted by atomic mass is 10.0. The summed E-state index contributed by atoms with van der Waals surface area (Å²) in [4.78, 5) is 25.7. The SMILES string of the molecule is O=C1N[C@@H]2n3cccc3C(=O)N3CCC[C@@]23N1. The second-order valence-corrected chi connectivity index (χ2v) is 4.79. The van der Waals surface area contributed by atoms with Crippen molar-refractivity contribution in [3.63, 3.8) is 0 Å². The number of amides is 3. The van der Waals surface area contributed by atoms with Crippen molar-refractivity contribution in [2.45, 2.75) is 24.7 Å². The summed E-state index contributed by atoms with van der Waals surface area (Å²) in [6.07, 6.45) is 3.40. The fraction of sp³-hybridized carbons (Fsp3) is 0.455. The molecule has 6 heteroatoms. The molecule has 6 nitrogen and oxygen atoms in total. The van der Waals surface area contributed by atoms with Gasteiger partial charge >= 0.3 is 6.03 Å². The van der Waals surface area contributed by atoms with Gasteiger partial charge in [0.2, 0.25) is 0 Å². The molecule has 1 spiro atoms. The van der Waals surface area contributed by atoms with Crippen molar-refractivity contribution < 1.29 is 9.59 Å². The van der Waals surface area contributed by atoms with E-state index in [1.54, 1.807) is 11.0 Å². The number of fused-ring (bicyclic) bond motifs is 2. The van der Waals surface area contributed by atoms with Crippen molar-refractivity contribution in [2.24, 2.45) is 0 Å². The number of carbonyl (C=O) groups is 2. The van der Waals surface area contributed by atoms with E-state index in [0.29, 0.717) is 12.2 Å². The van der Waals surface area contributed by atoms with Gasteiger partial charge in [0, 0.05) is 12.7 Å². The molecule has 3 aliphatic rings. The first-order chi connectivity index (χ1) is 8.22. The number of rotatable bonds is 0. The smallest absolute Gasteiger partial charge is 0.318 e. The van der Waals surface area contributed by atoms with Crippen molar-refractivity contribution in [3.05, 3.63) is 24.0 Å². The van der Waals surface area contributed by atoms with Gasteiger partial charge in [-0.15, -0.1) is 0 Å². The molecular formula is C11H12N4O2. The fourth-order valence-corrected chi connectivity index (χ4v) is 3.32. The summed E-state index contributed by atoms with van der Waals surface area (Å²) >= 11 is 0. The Morgan fingerprint density at radius 2 is 2.29 bits per heavy atom. The number of urea groups is 1. The molecule has 0 bridgehead atoms. The zero-order valence-electron chi connectivity index (χ0n) is 9.14. The maximum absolute atomic E-state index is 12.3. The van der Waals surface area contributed by atoms with E-state index in [1.165, 1.54) is 0 Å². The topological polar surface area (TPSA) is 66.4 Å². The summed E-state index contributed by atoms with van der Waals surface area (Å²) in [5.74, 6) is 0.00718. The lowest BCUT2D eigenvalue weighted by Crippen LogP contribution is -2.62. The Morgan fingerprint density at radius 1 is 1.41 bits per heavy atom. The Balaban J connectivity index is 1.96. The van der Waals surface area contributed by atoms with Crippen LogP contribution in [0.5, 0.6) is 0 Å². The summed E-state index contributed by atoms with van der Waals surface area (Å²) in [7, 11) is 0. The Hall–Kier alpha value is -1.98. The van der Waals surface area contributed by atoms with E-state index in [4.69, 9.17) is 0 Å². The highest BCUT2D eigenvalue weighted by atomic mass is 16.2. The number of hydrogen-bond acceptors (Lipinski definition) is 2. The number of carbonyl (C=O) groups excluding carboxylic acids is 2. The molecule has 2 N–H and O–H groups in total. The third-order valence-electron chi connectivity index (χ3n) is 3.99. The minimum absolute atomic E-state index is 0.00718. The molecule has 1 aromatic heterocycles. The Bertz CT molecular complexity index is 537. The molecule has 0 aliphatic carbocycles. The van der Waals surface area contributed by atoms with Gasteiger partial charge in [0.25, 0.3) is 5.91 Å². The van der Waals surface area contributed by atoms with Gasteiger partial charge < -0.3 is 20.1 Å². The molecule has 88 valence electrons. The van der Waals surface area contributed by atoms with Crippen molar-refractivity contribution in [1.82, 2.24) is 20.1 Å². The van der Waals surface area contributed by atoms with Gasteiger partial charge in [-0.2, -0.15) is 0 Å². The Morgan fingerprint density at radius 3 is 3.18 bits per heavy atom. The summed E-state index contributed by atoms with van der Waals surface area (Å²) in [6.45, 7) is 0.711. The lowest BCUT2D eigenvalue weighted by Gasteiger charge is -2.43. The number of nitrogens with one attached hydrogen (secondary N) is 2. The van der Waals surface area contributed by atoms with Crippen LogP contribution >= 0.6 is 0 Å². The van der Waals surface area contributed by atoms with Crippen LogP contribution in [0.4, 0.5) is 4.79 Å². The van der Waals surface area contributed by atoms with Gasteiger partial charge in [0.1, 0.15) is 11.9 Å². The molecule has 2 saturated heterocycles. The number of hydrogen-bond donors (Lipinski definition) is 2. The van der Waals surface area contributed by atoms with Gasteiger partial charge in [-0.3, -0.25) is 4.79 Å². The van der Waals surface area contributed by atoms with Gasteiger partial charge in [-0.1, -0.05) is 0 Å². The van der Waals surface area contributed by atoms with Crippen LogP contribution in [-0.4, -0.2) is 33.6 Å². The molecule has 3 amide bonds. The van der Waals surface area contributed by atoms with Gasteiger partial charge in [0.05, 0.1) is 0 Å². The summed E-state index contributed by atoms with van der Waals surface area (Å²) in [6, 6.07) is 3.44. The van der Waals surface area contributed by atoms with E-state index in [9.17, 15) is 9.59 Å². The molecule has 1 aromatic rings. The predicted octanol–water partition coefficient (Wildman–Crippen LogP) is 0.245. The first-order valence-corrected chi connectivity index (χ1v) is 5.80. The van der Waals surface area contributed by atoms with Gasteiger partial charge in [-0.05, 0) is 25.0 Å². The number of aromatic nitrogens is 1. The second-order valence-electron chi connectivity index (χ2n) is 4.79. The Kier molecular flexibility index (Phi) is 1.41. The van der Waals surface area contributed by atoms with Crippen LogP contribution < -0.4 is 10.6 Å². The molecule has 4 heterocycles. The van der Waals surface area contributed by atoms with Crippen molar-refractivity contribution >= 4 is 11.9 Å². The zero-order chi connectivity index (χ0) is 11.6. The summed E-state index contributed by atoms with van der Waals surface area (Å²) in [5, 5.41) is 5.83. The van der Waals surface area contributed by atoms with Crippen LogP contribution in [0.2, 0.25) is 0 Å².